The van der Waals surface area contributed by atoms with Gasteiger partial charge in [-0.2, -0.15) is 0 Å². The van der Waals surface area contributed by atoms with Gasteiger partial charge in [0, 0.05) is 49.6 Å². The molecule has 0 bridgehead atoms. The molecule has 1 fully saturated rings. The van der Waals surface area contributed by atoms with Gasteiger partial charge < -0.3 is 19.9 Å². The van der Waals surface area contributed by atoms with Crippen LogP contribution in [-0.4, -0.2) is 54.2 Å². The maximum atomic E-state index is 13.5. The number of ketones is 1. The molecule has 0 saturated carbocycles. The average Bonchev–Trinajstić information content (AvgIpc) is 2.98. The predicted molar refractivity (Wildman–Crippen MR) is 149 cm³/mol. The minimum absolute atomic E-state index is 0.0757. The first-order chi connectivity index (χ1) is 19.5. The molecule has 2 aromatic rings. The highest BCUT2D eigenvalue weighted by Crippen LogP contribution is 2.30. The number of nitrogens with one attached hydrogen (secondary N) is 1. The number of likely N-dealkylation sites (tertiary alicyclic amines) is 1. The van der Waals surface area contributed by atoms with Crippen LogP contribution in [0.3, 0.4) is 0 Å². The molecule has 1 aliphatic carbocycles. The quantitative estimate of drug-likeness (QED) is 0.469. The number of ether oxygens (including phenoxy) is 1. The van der Waals surface area contributed by atoms with Crippen molar-refractivity contribution in [3.63, 3.8) is 0 Å². The van der Waals surface area contributed by atoms with Crippen LogP contribution in [0.1, 0.15) is 46.7 Å². The number of hydrogen-bond acceptors (Lipinski definition) is 5. The van der Waals surface area contributed by atoms with Crippen LogP contribution in [0, 0.1) is 11.6 Å². The minimum atomic E-state index is -0.879. The monoisotopic (exact) mass is 545 g/mol. The number of allylic oxidation sites excluding steroid dienone is 4. The van der Waals surface area contributed by atoms with Gasteiger partial charge in [-0.15, -0.1) is 0 Å². The Balaban J connectivity index is 1.11. The summed E-state index contributed by atoms with van der Waals surface area (Å²) in [6, 6.07) is 11.5. The lowest BCUT2D eigenvalue weighted by Gasteiger charge is -2.34. The number of hydrogen-bond donors (Lipinski definition) is 1. The van der Waals surface area contributed by atoms with E-state index in [4.69, 9.17) is 4.74 Å². The van der Waals surface area contributed by atoms with Crippen LogP contribution in [0.2, 0.25) is 0 Å². The zero-order valence-electron chi connectivity index (χ0n) is 22.3. The summed E-state index contributed by atoms with van der Waals surface area (Å²) in [5.74, 6) is -0.822. The van der Waals surface area contributed by atoms with Crippen molar-refractivity contribution < 1.29 is 23.1 Å². The number of nitrogens with zero attached hydrogens (tertiary/aromatic N) is 2. The molecule has 0 unspecified atom stereocenters. The lowest BCUT2D eigenvalue weighted by atomic mass is 9.86. The molecule has 5 rings (SSSR count). The predicted octanol–water partition coefficient (Wildman–Crippen LogP) is 5.22. The summed E-state index contributed by atoms with van der Waals surface area (Å²) in [6.45, 7) is 3.91. The largest absolute Gasteiger partial charge is 0.462 e. The van der Waals surface area contributed by atoms with Crippen LogP contribution in [0.5, 0.6) is 0 Å². The topological polar surface area (TPSA) is 61.9 Å². The summed E-state index contributed by atoms with van der Waals surface area (Å²) >= 11 is 0. The van der Waals surface area contributed by atoms with Crippen LogP contribution in [0.15, 0.2) is 90.7 Å². The van der Waals surface area contributed by atoms with Crippen LogP contribution < -0.4 is 5.32 Å². The first kappa shape index (κ1) is 27.5. The number of carbonyl (C=O) groups is 2. The van der Waals surface area contributed by atoms with E-state index in [1.807, 2.05) is 42.7 Å². The number of amides is 1. The molecule has 208 valence electrons. The van der Waals surface area contributed by atoms with Crippen molar-refractivity contribution >= 4 is 11.7 Å². The van der Waals surface area contributed by atoms with E-state index in [2.05, 4.69) is 15.1 Å². The lowest BCUT2D eigenvalue weighted by molar-refractivity contribution is -0.114. The van der Waals surface area contributed by atoms with E-state index < -0.39 is 11.6 Å². The lowest BCUT2D eigenvalue weighted by Crippen LogP contribution is -2.38. The van der Waals surface area contributed by atoms with Gasteiger partial charge in [0.25, 0.3) is 5.91 Å². The average molecular weight is 546 g/mol. The first-order valence-corrected chi connectivity index (χ1v) is 13.7. The normalized spacial score (nSPS) is 17.9. The zero-order chi connectivity index (χ0) is 27.9. The number of halogens is 2. The molecule has 0 aromatic heterocycles. The van der Waals surface area contributed by atoms with Gasteiger partial charge in [0.1, 0.15) is 12.0 Å². The molecule has 0 spiro atoms. The van der Waals surface area contributed by atoms with E-state index in [1.165, 1.54) is 12.1 Å². The Morgan fingerprint density at radius 2 is 1.88 bits per heavy atom. The van der Waals surface area contributed by atoms with Crippen LogP contribution in [-0.2, 0) is 16.0 Å². The standard InChI is InChI=1S/C32H33F2N3O3/c33-29-9-8-23(20-30(29)34)10-13-35-32(39)28-7-2-1-6-27(28)24-11-14-36(15-12-24)16-17-37-18-19-40-31(22-37)25-4-3-5-26(38)21-25/h1-9,18-20,22,24H,10-17,21H2,(H,35,39). The van der Waals surface area contributed by atoms with E-state index in [0.717, 1.165) is 56.2 Å². The molecule has 0 atom stereocenters. The second kappa shape index (κ2) is 12.9. The Kier molecular flexibility index (Phi) is 8.86. The van der Waals surface area contributed by atoms with Crippen molar-refractivity contribution in [2.24, 2.45) is 0 Å². The van der Waals surface area contributed by atoms with Crippen molar-refractivity contribution in [1.82, 2.24) is 15.1 Å². The van der Waals surface area contributed by atoms with Gasteiger partial charge in [-0.05, 0) is 73.7 Å². The molecule has 8 heteroatoms. The molecule has 0 radical (unpaired) electrons. The van der Waals surface area contributed by atoms with Crippen LogP contribution in [0.25, 0.3) is 0 Å². The Bertz CT molecular complexity index is 1370. The highest BCUT2D eigenvalue weighted by atomic mass is 19.2. The van der Waals surface area contributed by atoms with E-state index in [1.54, 1.807) is 18.4 Å². The SMILES string of the molecule is O=C1C=CC=C(C2=CN(CCN3CCC(c4ccccc4C(=O)NCCc4ccc(F)c(F)c4)CC3)C=CO2)C1. The summed E-state index contributed by atoms with van der Waals surface area (Å²) in [5.41, 5.74) is 3.25. The number of carbonyl (C=O) groups excluding carboxylic acids is 2. The van der Waals surface area contributed by atoms with Crippen LogP contribution >= 0.6 is 0 Å². The summed E-state index contributed by atoms with van der Waals surface area (Å²) in [6.07, 6.45) is 13.5. The molecule has 3 aliphatic rings. The fourth-order valence-electron chi connectivity index (χ4n) is 5.35. The maximum Gasteiger partial charge on any atom is 0.251 e. The third kappa shape index (κ3) is 6.93. The van der Waals surface area contributed by atoms with Gasteiger partial charge in [0.05, 0.1) is 0 Å². The van der Waals surface area contributed by atoms with Crippen molar-refractivity contribution in [2.75, 3.05) is 32.7 Å². The Labute approximate surface area is 233 Å². The van der Waals surface area contributed by atoms with Gasteiger partial charge in [0.2, 0.25) is 0 Å². The van der Waals surface area contributed by atoms with E-state index in [0.29, 0.717) is 42.2 Å². The van der Waals surface area contributed by atoms with Gasteiger partial charge in [-0.25, -0.2) is 8.78 Å². The Morgan fingerprint density at radius 1 is 1.05 bits per heavy atom. The number of rotatable bonds is 9. The molecular weight excluding hydrogens is 512 g/mol. The van der Waals surface area contributed by atoms with Gasteiger partial charge in [-0.3, -0.25) is 9.59 Å². The van der Waals surface area contributed by atoms with Gasteiger partial charge >= 0.3 is 0 Å². The maximum absolute atomic E-state index is 13.5. The van der Waals surface area contributed by atoms with Gasteiger partial charge in [0.15, 0.2) is 17.4 Å². The first-order valence-electron chi connectivity index (χ1n) is 13.7. The van der Waals surface area contributed by atoms with Crippen molar-refractivity contribution in [3.05, 3.63) is 119 Å². The molecule has 40 heavy (non-hydrogen) atoms. The molecule has 2 heterocycles. The van der Waals surface area contributed by atoms with E-state index in [9.17, 15) is 18.4 Å². The van der Waals surface area contributed by atoms with E-state index in [-0.39, 0.29) is 11.7 Å². The molecule has 1 saturated heterocycles. The summed E-state index contributed by atoms with van der Waals surface area (Å²) in [4.78, 5) is 29.3. The zero-order valence-corrected chi connectivity index (χ0v) is 22.3. The second-order valence-corrected chi connectivity index (χ2v) is 10.3. The number of piperidine rings is 1. The highest BCUT2D eigenvalue weighted by Gasteiger charge is 2.25. The minimum Gasteiger partial charge on any atom is -0.462 e. The fraction of sp³-hybridized carbons (Fsp3) is 0.312. The molecule has 2 aliphatic heterocycles. The number of benzene rings is 2. The third-order valence-corrected chi connectivity index (χ3v) is 7.58. The van der Waals surface area contributed by atoms with Crippen molar-refractivity contribution in [2.45, 2.75) is 31.6 Å². The summed E-state index contributed by atoms with van der Waals surface area (Å²) in [5, 5.41) is 2.94. The molecule has 2 aromatic carbocycles. The molecular formula is C32H33F2N3O3. The van der Waals surface area contributed by atoms with Crippen molar-refractivity contribution in [3.8, 4) is 0 Å². The molecule has 6 nitrogen and oxygen atoms in total. The second-order valence-electron chi connectivity index (χ2n) is 10.3. The smallest absolute Gasteiger partial charge is 0.251 e. The Morgan fingerprint density at radius 3 is 2.67 bits per heavy atom. The van der Waals surface area contributed by atoms with E-state index >= 15 is 0 Å². The molecule has 1 amide bonds. The summed E-state index contributed by atoms with van der Waals surface area (Å²) in [7, 11) is 0. The van der Waals surface area contributed by atoms with Crippen LogP contribution in [0.4, 0.5) is 8.78 Å². The van der Waals surface area contributed by atoms with Gasteiger partial charge in [-0.1, -0.05) is 36.4 Å². The third-order valence-electron chi connectivity index (χ3n) is 7.58. The Hall–Kier alpha value is -4.04. The molecule has 1 N–H and O–H groups in total. The fourth-order valence-corrected chi connectivity index (χ4v) is 5.35. The summed E-state index contributed by atoms with van der Waals surface area (Å²) < 4.78 is 32.3. The highest BCUT2D eigenvalue weighted by molar-refractivity contribution is 5.96. The van der Waals surface area contributed by atoms with Crippen molar-refractivity contribution in [1.29, 1.82) is 0 Å².